The number of aromatic nitrogens is 1. The van der Waals surface area contributed by atoms with E-state index < -0.39 is 23.2 Å². The van der Waals surface area contributed by atoms with E-state index in [0.717, 1.165) is 37.2 Å². The predicted molar refractivity (Wildman–Crippen MR) is 127 cm³/mol. The number of azo groups is 1. The van der Waals surface area contributed by atoms with Crippen molar-refractivity contribution >= 4 is 34.4 Å². The Morgan fingerprint density at radius 3 is 2.40 bits per heavy atom. The number of benzene rings is 2. The summed E-state index contributed by atoms with van der Waals surface area (Å²) in [5.41, 5.74) is 5.90. The number of nitriles is 1. The Kier molecular flexibility index (Phi) is 7.86. The van der Waals surface area contributed by atoms with Gasteiger partial charge in [-0.1, -0.05) is 13.3 Å². The molecule has 3 aromatic rings. The van der Waals surface area contributed by atoms with Gasteiger partial charge in [-0.3, -0.25) is 0 Å². The molecular weight excluding hydrogens is 462 g/mol. The number of nitrogens with one attached hydrogen (secondary N) is 2. The summed E-state index contributed by atoms with van der Waals surface area (Å²) < 4.78 is 53.5. The van der Waals surface area contributed by atoms with Crippen molar-refractivity contribution in [3.05, 3.63) is 65.0 Å². The zero-order chi connectivity index (χ0) is 25.6. The summed E-state index contributed by atoms with van der Waals surface area (Å²) in [5, 5.41) is 23.4. The van der Waals surface area contributed by atoms with E-state index in [1.807, 2.05) is 18.2 Å². The molecule has 35 heavy (non-hydrogen) atoms. The maximum Gasteiger partial charge on any atom is 0.418 e. The molecule has 0 aliphatic rings. The van der Waals surface area contributed by atoms with E-state index in [4.69, 9.17) is 5.73 Å². The molecule has 0 aliphatic carbocycles. The van der Waals surface area contributed by atoms with E-state index in [1.165, 1.54) is 6.92 Å². The fourth-order valence-electron chi connectivity index (χ4n) is 3.21. The van der Waals surface area contributed by atoms with Crippen molar-refractivity contribution < 1.29 is 17.6 Å². The van der Waals surface area contributed by atoms with Crippen molar-refractivity contribution in [2.75, 3.05) is 22.9 Å². The molecule has 0 fully saturated rings. The first-order chi connectivity index (χ1) is 16.6. The van der Waals surface area contributed by atoms with Crippen molar-refractivity contribution in [2.24, 2.45) is 10.2 Å². The van der Waals surface area contributed by atoms with Crippen LogP contribution in [0.1, 0.15) is 36.5 Å². The third kappa shape index (κ3) is 6.23. The summed E-state index contributed by atoms with van der Waals surface area (Å²) in [4.78, 5) is 4.17. The standard InChI is InChI=1S/C24H23F4N7/c1-3-4-11-31-16-6-8-17(9-7-16)32-23-21(14(2)18(13-29)22(30)33-23)35-34-20-10-5-15(25)12-19(20)24(26,27)28/h5-10,12,31H,3-4,11H2,1-2H3,(H3,30,32,33). The first-order valence-corrected chi connectivity index (χ1v) is 10.7. The number of hydrogen-bond donors (Lipinski definition) is 3. The molecule has 0 saturated carbocycles. The molecule has 0 atom stereocenters. The maximum absolute atomic E-state index is 13.4. The zero-order valence-electron chi connectivity index (χ0n) is 19.0. The first kappa shape index (κ1) is 25.4. The predicted octanol–water partition coefficient (Wildman–Crippen LogP) is 7.37. The summed E-state index contributed by atoms with van der Waals surface area (Å²) in [6, 6.07) is 11.3. The van der Waals surface area contributed by atoms with Crippen LogP contribution in [0.3, 0.4) is 0 Å². The fourth-order valence-corrected chi connectivity index (χ4v) is 3.21. The normalized spacial score (nSPS) is 11.5. The largest absolute Gasteiger partial charge is 0.418 e. The number of pyridine rings is 1. The fraction of sp³-hybridized carbons (Fsp3) is 0.250. The second kappa shape index (κ2) is 10.8. The van der Waals surface area contributed by atoms with E-state index in [9.17, 15) is 22.8 Å². The molecule has 3 rings (SSSR count). The highest BCUT2D eigenvalue weighted by atomic mass is 19.4. The Morgan fingerprint density at radius 2 is 1.77 bits per heavy atom. The van der Waals surface area contributed by atoms with Gasteiger partial charge in [-0.05, 0) is 55.8 Å². The van der Waals surface area contributed by atoms with Crippen molar-refractivity contribution in [3.63, 3.8) is 0 Å². The Labute approximate surface area is 199 Å². The third-order valence-electron chi connectivity index (χ3n) is 5.08. The van der Waals surface area contributed by atoms with Crippen LogP contribution in [0.4, 0.5) is 51.9 Å². The van der Waals surface area contributed by atoms with Crippen LogP contribution in [0.15, 0.2) is 52.7 Å². The van der Waals surface area contributed by atoms with Crippen LogP contribution < -0.4 is 16.4 Å². The van der Waals surface area contributed by atoms with Gasteiger partial charge in [0.25, 0.3) is 0 Å². The number of hydrogen-bond acceptors (Lipinski definition) is 7. The molecule has 0 unspecified atom stereocenters. The van der Waals surface area contributed by atoms with E-state index in [2.05, 4.69) is 32.8 Å². The summed E-state index contributed by atoms with van der Waals surface area (Å²) in [5.74, 6) is -1.02. The lowest BCUT2D eigenvalue weighted by Gasteiger charge is -2.14. The van der Waals surface area contributed by atoms with Crippen LogP contribution in [0.25, 0.3) is 0 Å². The topological polar surface area (TPSA) is 111 Å². The monoisotopic (exact) mass is 485 g/mol. The summed E-state index contributed by atoms with van der Waals surface area (Å²) in [6.45, 7) is 4.47. The van der Waals surface area contributed by atoms with Gasteiger partial charge in [0.15, 0.2) is 5.82 Å². The van der Waals surface area contributed by atoms with Crippen LogP contribution in [-0.2, 0) is 6.18 Å². The molecule has 0 spiro atoms. The number of rotatable bonds is 8. The van der Waals surface area contributed by atoms with Crippen LogP contribution in [-0.4, -0.2) is 11.5 Å². The minimum absolute atomic E-state index is 0.0233. The Balaban J connectivity index is 1.99. The van der Waals surface area contributed by atoms with E-state index in [1.54, 1.807) is 12.1 Å². The zero-order valence-corrected chi connectivity index (χ0v) is 19.0. The molecule has 0 aliphatic heterocycles. The van der Waals surface area contributed by atoms with E-state index in [0.29, 0.717) is 11.8 Å². The van der Waals surface area contributed by atoms with Crippen LogP contribution in [0, 0.1) is 24.1 Å². The molecule has 0 radical (unpaired) electrons. The highest BCUT2D eigenvalue weighted by molar-refractivity contribution is 5.77. The first-order valence-electron chi connectivity index (χ1n) is 10.7. The molecule has 7 nitrogen and oxygen atoms in total. The number of nitrogens with zero attached hydrogens (tertiary/aromatic N) is 4. The van der Waals surface area contributed by atoms with Crippen LogP contribution >= 0.6 is 0 Å². The Morgan fingerprint density at radius 1 is 1.09 bits per heavy atom. The van der Waals surface area contributed by atoms with E-state index >= 15 is 0 Å². The smallest absolute Gasteiger partial charge is 0.385 e. The average molecular weight is 485 g/mol. The number of nitrogen functional groups attached to an aromatic ring is 1. The van der Waals surface area contributed by atoms with Crippen molar-refractivity contribution in [3.8, 4) is 6.07 Å². The molecular formula is C24H23F4N7. The van der Waals surface area contributed by atoms with Crippen molar-refractivity contribution in [1.82, 2.24) is 4.98 Å². The molecule has 1 heterocycles. The molecule has 4 N–H and O–H groups in total. The number of nitrogens with two attached hydrogens (primary N) is 1. The van der Waals surface area contributed by atoms with Crippen LogP contribution in [0.5, 0.6) is 0 Å². The van der Waals surface area contributed by atoms with Gasteiger partial charge in [0.05, 0.1) is 16.8 Å². The second-order valence-electron chi connectivity index (χ2n) is 7.65. The highest BCUT2D eigenvalue weighted by Crippen LogP contribution is 2.39. The van der Waals surface area contributed by atoms with Gasteiger partial charge < -0.3 is 16.4 Å². The molecule has 2 aromatic carbocycles. The molecule has 0 amide bonds. The molecule has 0 bridgehead atoms. The maximum atomic E-state index is 13.4. The van der Waals surface area contributed by atoms with Gasteiger partial charge in [0, 0.05) is 23.5 Å². The van der Waals surface area contributed by atoms with E-state index in [-0.39, 0.29) is 28.5 Å². The number of halogens is 4. The average Bonchev–Trinajstić information content (AvgIpc) is 2.80. The van der Waals surface area contributed by atoms with Gasteiger partial charge in [-0.2, -0.15) is 18.4 Å². The lowest BCUT2D eigenvalue weighted by Crippen LogP contribution is -2.05. The SMILES string of the molecule is CCCCNc1ccc(Nc2nc(N)c(C#N)c(C)c2N=Nc2ccc(F)cc2C(F)(F)F)cc1. The quantitative estimate of drug-likeness (QED) is 0.175. The van der Waals surface area contributed by atoms with Gasteiger partial charge in [0.1, 0.15) is 23.4 Å². The molecule has 11 heteroatoms. The Bertz CT molecular complexity index is 1260. The number of unbranched alkanes of at least 4 members (excludes halogenated alkanes) is 1. The second-order valence-corrected chi connectivity index (χ2v) is 7.65. The lowest BCUT2D eigenvalue weighted by atomic mass is 10.1. The third-order valence-corrected chi connectivity index (χ3v) is 5.08. The van der Waals surface area contributed by atoms with Gasteiger partial charge in [-0.15, -0.1) is 10.2 Å². The van der Waals surface area contributed by atoms with Crippen molar-refractivity contribution in [1.29, 1.82) is 5.26 Å². The highest BCUT2D eigenvalue weighted by Gasteiger charge is 2.34. The summed E-state index contributed by atoms with van der Waals surface area (Å²) in [6.07, 6.45) is -2.74. The van der Waals surface area contributed by atoms with Crippen LogP contribution in [0.2, 0.25) is 0 Å². The molecule has 182 valence electrons. The summed E-state index contributed by atoms with van der Waals surface area (Å²) >= 11 is 0. The minimum atomic E-state index is -4.84. The Hall–Kier alpha value is -4.20. The van der Waals surface area contributed by atoms with Gasteiger partial charge in [-0.25, -0.2) is 9.37 Å². The minimum Gasteiger partial charge on any atom is -0.385 e. The molecule has 1 aromatic heterocycles. The van der Waals surface area contributed by atoms with Gasteiger partial charge in [0.2, 0.25) is 0 Å². The number of alkyl halides is 3. The van der Waals surface area contributed by atoms with Crippen molar-refractivity contribution in [2.45, 2.75) is 32.9 Å². The van der Waals surface area contributed by atoms with Gasteiger partial charge >= 0.3 is 6.18 Å². The number of anilines is 4. The molecule has 0 saturated heterocycles. The summed E-state index contributed by atoms with van der Waals surface area (Å²) in [7, 11) is 0. The lowest BCUT2D eigenvalue weighted by molar-refractivity contribution is -0.137.